The van der Waals surface area contributed by atoms with Crippen LogP contribution < -0.4 is 11.1 Å². The fourth-order valence-corrected chi connectivity index (χ4v) is 1.82. The normalized spacial score (nSPS) is 10.7. The van der Waals surface area contributed by atoms with Gasteiger partial charge in [-0.3, -0.25) is 10.1 Å². The van der Waals surface area contributed by atoms with Crippen molar-refractivity contribution in [2.75, 3.05) is 6.54 Å². The summed E-state index contributed by atoms with van der Waals surface area (Å²) in [6.07, 6.45) is 0.130. The minimum absolute atomic E-state index is 0.0108. The van der Waals surface area contributed by atoms with Gasteiger partial charge < -0.3 is 10.3 Å². The van der Waals surface area contributed by atoms with Crippen molar-refractivity contribution in [1.82, 2.24) is 15.5 Å². The summed E-state index contributed by atoms with van der Waals surface area (Å²) in [5.74, 6) is -0.305. The number of rotatable bonds is 6. The highest BCUT2D eigenvalue weighted by molar-refractivity contribution is 6.31. The third-order valence-corrected chi connectivity index (χ3v) is 2.84. The minimum Gasteiger partial charge on any atom is -0.369 e. The molecule has 0 atom stereocenters. The summed E-state index contributed by atoms with van der Waals surface area (Å²) >= 11 is 5.91. The number of nitrogens with one attached hydrogen (secondary N) is 1. The number of aromatic nitrogens is 2. The summed E-state index contributed by atoms with van der Waals surface area (Å²) in [4.78, 5) is 14.6. The molecule has 6 nitrogen and oxygen atoms in total. The third-order valence-electron chi connectivity index (χ3n) is 2.48. The van der Waals surface area contributed by atoms with E-state index in [0.29, 0.717) is 16.4 Å². The van der Waals surface area contributed by atoms with Gasteiger partial charge in [0.1, 0.15) is 5.82 Å². The first-order chi connectivity index (χ1) is 9.56. The molecule has 2 aromatic rings. The van der Waals surface area contributed by atoms with Crippen molar-refractivity contribution < 1.29 is 13.7 Å². The number of benzene rings is 1. The molecule has 1 aromatic carbocycles. The first-order valence-electron chi connectivity index (χ1n) is 5.79. The highest BCUT2D eigenvalue weighted by atomic mass is 35.5. The lowest BCUT2D eigenvalue weighted by molar-refractivity contribution is -0.117. The average Bonchev–Trinajstić information content (AvgIpc) is 2.81. The van der Waals surface area contributed by atoms with Crippen LogP contribution in [0.25, 0.3) is 0 Å². The second-order valence-corrected chi connectivity index (χ2v) is 4.46. The summed E-state index contributed by atoms with van der Waals surface area (Å²) in [5.41, 5.74) is 5.28. The molecule has 0 spiro atoms. The zero-order valence-electron chi connectivity index (χ0n) is 10.4. The van der Waals surface area contributed by atoms with Gasteiger partial charge in [-0.1, -0.05) is 22.8 Å². The number of amides is 1. The number of hydrogen-bond acceptors (Lipinski definition) is 5. The Labute approximate surface area is 119 Å². The molecule has 20 heavy (non-hydrogen) atoms. The topological polar surface area (TPSA) is 94.0 Å². The van der Waals surface area contributed by atoms with Crippen molar-refractivity contribution in [2.24, 2.45) is 5.73 Å². The van der Waals surface area contributed by atoms with E-state index >= 15 is 0 Å². The molecule has 8 heteroatoms. The fourth-order valence-electron chi connectivity index (χ4n) is 1.59. The quantitative estimate of drug-likeness (QED) is 0.830. The van der Waals surface area contributed by atoms with Crippen LogP contribution >= 0.6 is 11.6 Å². The predicted octanol–water partition coefficient (Wildman–Crippen LogP) is 1.03. The molecule has 3 N–H and O–H groups in total. The summed E-state index contributed by atoms with van der Waals surface area (Å²) in [6, 6.07) is 4.43. The molecule has 0 unspecified atom stereocenters. The number of nitrogens with two attached hydrogens (primary N) is 1. The van der Waals surface area contributed by atoms with Crippen LogP contribution in [0.4, 0.5) is 4.39 Å². The Morgan fingerprint density at radius 2 is 2.30 bits per heavy atom. The largest absolute Gasteiger partial charge is 0.369 e. The summed E-state index contributed by atoms with van der Waals surface area (Å²) in [6.45, 7) is 0.220. The van der Waals surface area contributed by atoms with E-state index in [1.54, 1.807) is 6.07 Å². The van der Waals surface area contributed by atoms with Crippen LogP contribution in [0.2, 0.25) is 5.02 Å². The van der Waals surface area contributed by atoms with E-state index in [2.05, 4.69) is 15.5 Å². The van der Waals surface area contributed by atoms with Crippen LogP contribution in [-0.4, -0.2) is 22.6 Å². The van der Waals surface area contributed by atoms with Crippen molar-refractivity contribution in [3.63, 3.8) is 0 Å². The highest BCUT2D eigenvalue weighted by Gasteiger charge is 2.12. The second kappa shape index (κ2) is 6.44. The van der Waals surface area contributed by atoms with E-state index < -0.39 is 11.7 Å². The minimum atomic E-state index is -0.483. The first-order valence-corrected chi connectivity index (χ1v) is 6.17. The van der Waals surface area contributed by atoms with Crippen molar-refractivity contribution in [3.8, 4) is 0 Å². The van der Waals surface area contributed by atoms with Gasteiger partial charge in [0.25, 0.3) is 0 Å². The molecule has 1 heterocycles. The summed E-state index contributed by atoms with van der Waals surface area (Å²) < 4.78 is 18.6. The van der Waals surface area contributed by atoms with Gasteiger partial charge >= 0.3 is 0 Å². The van der Waals surface area contributed by atoms with Crippen LogP contribution in [-0.2, 0) is 17.8 Å². The Morgan fingerprint density at radius 1 is 1.50 bits per heavy atom. The van der Waals surface area contributed by atoms with E-state index in [9.17, 15) is 9.18 Å². The maximum Gasteiger partial charge on any atom is 0.240 e. The standard InChI is InChI=1S/C12H12ClFN4O2/c13-8-2-1-3-9(14)7(8)4-11-17-12(20-18-11)6-16-5-10(15)19/h1-3,16H,4-6H2,(H2,15,19). The maximum atomic E-state index is 13.6. The van der Waals surface area contributed by atoms with E-state index in [0.717, 1.165) is 0 Å². The van der Waals surface area contributed by atoms with Crippen molar-refractivity contribution in [1.29, 1.82) is 0 Å². The summed E-state index contributed by atoms with van der Waals surface area (Å²) in [5, 5.41) is 6.76. The lowest BCUT2D eigenvalue weighted by Gasteiger charge is -2.01. The van der Waals surface area contributed by atoms with Gasteiger partial charge in [-0.2, -0.15) is 4.98 Å². The highest BCUT2D eigenvalue weighted by Crippen LogP contribution is 2.21. The van der Waals surface area contributed by atoms with Crippen LogP contribution in [0.15, 0.2) is 22.7 Å². The average molecular weight is 299 g/mol. The predicted molar refractivity (Wildman–Crippen MR) is 69.4 cm³/mol. The summed E-state index contributed by atoms with van der Waals surface area (Å²) in [7, 11) is 0. The molecule has 0 aliphatic carbocycles. The number of carbonyl (C=O) groups is 1. The zero-order chi connectivity index (χ0) is 14.5. The van der Waals surface area contributed by atoms with Gasteiger partial charge in [-0.15, -0.1) is 0 Å². The van der Waals surface area contributed by atoms with Gasteiger partial charge in [0, 0.05) is 17.0 Å². The Bertz CT molecular complexity index is 597. The smallest absolute Gasteiger partial charge is 0.240 e. The molecule has 0 saturated carbocycles. The zero-order valence-corrected chi connectivity index (χ0v) is 11.2. The van der Waals surface area contributed by atoms with Crippen LogP contribution in [0, 0.1) is 5.82 Å². The molecule has 1 amide bonds. The van der Waals surface area contributed by atoms with Gasteiger partial charge in [-0.05, 0) is 12.1 Å². The molecule has 0 saturated heterocycles. The molecule has 1 aromatic heterocycles. The van der Waals surface area contributed by atoms with Crippen LogP contribution in [0.1, 0.15) is 17.3 Å². The van der Waals surface area contributed by atoms with Gasteiger partial charge in [-0.25, -0.2) is 4.39 Å². The lowest BCUT2D eigenvalue weighted by atomic mass is 10.1. The van der Waals surface area contributed by atoms with Gasteiger partial charge in [0.15, 0.2) is 5.82 Å². The Balaban J connectivity index is 2.01. The van der Waals surface area contributed by atoms with Crippen LogP contribution in [0.3, 0.4) is 0 Å². The fraction of sp³-hybridized carbons (Fsp3) is 0.250. The molecule has 106 valence electrons. The Morgan fingerprint density at radius 3 is 3.00 bits per heavy atom. The Kier molecular flexibility index (Phi) is 4.65. The Hall–Kier alpha value is -1.99. The third kappa shape index (κ3) is 3.75. The number of halogens is 2. The molecule has 2 rings (SSSR count). The van der Waals surface area contributed by atoms with Crippen molar-refractivity contribution in [2.45, 2.75) is 13.0 Å². The molecular weight excluding hydrogens is 287 g/mol. The number of nitrogens with zero attached hydrogens (tertiary/aromatic N) is 2. The van der Waals surface area contributed by atoms with E-state index in [1.165, 1.54) is 12.1 Å². The lowest BCUT2D eigenvalue weighted by Crippen LogP contribution is -2.28. The first kappa shape index (κ1) is 14.4. The SMILES string of the molecule is NC(=O)CNCc1nc(Cc2c(F)cccc2Cl)no1. The number of carbonyl (C=O) groups excluding carboxylic acids is 1. The monoisotopic (exact) mass is 298 g/mol. The van der Waals surface area contributed by atoms with Crippen LogP contribution in [0.5, 0.6) is 0 Å². The molecule has 0 bridgehead atoms. The van der Waals surface area contributed by atoms with E-state index in [1.807, 2.05) is 0 Å². The molecular formula is C12H12ClFN4O2. The van der Waals surface area contributed by atoms with E-state index in [-0.39, 0.29) is 25.4 Å². The van der Waals surface area contributed by atoms with E-state index in [4.69, 9.17) is 21.9 Å². The number of primary amides is 1. The molecule has 0 fully saturated rings. The number of hydrogen-bond donors (Lipinski definition) is 2. The maximum absolute atomic E-state index is 13.6. The molecule has 0 aliphatic rings. The molecule has 0 aliphatic heterocycles. The van der Waals surface area contributed by atoms with Crippen molar-refractivity contribution >= 4 is 17.5 Å². The second-order valence-electron chi connectivity index (χ2n) is 4.05. The van der Waals surface area contributed by atoms with Gasteiger partial charge in [0.05, 0.1) is 13.1 Å². The van der Waals surface area contributed by atoms with Crippen molar-refractivity contribution in [3.05, 3.63) is 46.3 Å². The van der Waals surface area contributed by atoms with Gasteiger partial charge in [0.2, 0.25) is 11.8 Å². The molecule has 0 radical (unpaired) electrons.